The zero-order valence-corrected chi connectivity index (χ0v) is 15.8. The summed E-state index contributed by atoms with van der Waals surface area (Å²) < 4.78 is 14.4. The molecule has 0 radical (unpaired) electrons. The Kier molecular flexibility index (Phi) is 5.75. The SMILES string of the molecule is CCc1ccc(NC(=O)C(C)Sc2nnc(-c3ccc(F)cc3)n2N)cc1. The van der Waals surface area contributed by atoms with Crippen molar-refractivity contribution < 1.29 is 9.18 Å². The highest BCUT2D eigenvalue weighted by Crippen LogP contribution is 2.25. The Bertz CT molecular complexity index is 924. The summed E-state index contributed by atoms with van der Waals surface area (Å²) in [7, 11) is 0. The average molecular weight is 385 g/mol. The number of carbonyl (C=O) groups excluding carboxylic acids is 1. The number of aryl methyl sites for hydroxylation is 1. The Morgan fingerprint density at radius 3 is 2.48 bits per heavy atom. The molecule has 3 N–H and O–H groups in total. The van der Waals surface area contributed by atoms with E-state index in [1.165, 1.54) is 34.1 Å². The Morgan fingerprint density at radius 2 is 1.85 bits per heavy atom. The molecule has 0 aliphatic rings. The van der Waals surface area contributed by atoms with Crippen molar-refractivity contribution in [1.82, 2.24) is 14.9 Å². The van der Waals surface area contributed by atoms with Crippen LogP contribution in [0.25, 0.3) is 11.4 Å². The van der Waals surface area contributed by atoms with Gasteiger partial charge in [-0.3, -0.25) is 4.79 Å². The zero-order chi connectivity index (χ0) is 19.4. The summed E-state index contributed by atoms with van der Waals surface area (Å²) in [6.45, 7) is 3.85. The van der Waals surface area contributed by atoms with E-state index in [-0.39, 0.29) is 11.7 Å². The molecule has 1 aromatic heterocycles. The van der Waals surface area contributed by atoms with Crippen LogP contribution in [0.1, 0.15) is 19.4 Å². The van der Waals surface area contributed by atoms with Gasteiger partial charge in [0.1, 0.15) is 5.82 Å². The van der Waals surface area contributed by atoms with Gasteiger partial charge in [-0.2, -0.15) is 0 Å². The molecule has 140 valence electrons. The Hall–Kier alpha value is -2.87. The molecule has 0 saturated heterocycles. The predicted molar refractivity (Wildman–Crippen MR) is 105 cm³/mol. The van der Waals surface area contributed by atoms with Gasteiger partial charge in [0.15, 0.2) is 5.82 Å². The molecule has 8 heteroatoms. The third kappa shape index (κ3) is 4.46. The minimum absolute atomic E-state index is 0.157. The number of hydrogen-bond donors (Lipinski definition) is 2. The summed E-state index contributed by atoms with van der Waals surface area (Å²) in [6.07, 6.45) is 0.947. The molecule has 0 saturated carbocycles. The molecular weight excluding hydrogens is 365 g/mol. The third-order valence-electron chi connectivity index (χ3n) is 4.05. The molecule has 1 heterocycles. The largest absolute Gasteiger partial charge is 0.335 e. The molecule has 3 aromatic rings. The van der Waals surface area contributed by atoms with Gasteiger partial charge in [0.25, 0.3) is 0 Å². The maximum atomic E-state index is 13.1. The third-order valence-corrected chi connectivity index (χ3v) is 5.10. The van der Waals surface area contributed by atoms with Gasteiger partial charge in [-0.15, -0.1) is 10.2 Å². The molecule has 27 heavy (non-hydrogen) atoms. The lowest BCUT2D eigenvalue weighted by Crippen LogP contribution is -2.23. The molecule has 0 aliphatic heterocycles. The van der Waals surface area contributed by atoms with E-state index >= 15 is 0 Å². The Balaban J connectivity index is 1.67. The van der Waals surface area contributed by atoms with Crippen LogP contribution in [0.5, 0.6) is 0 Å². The molecule has 0 aliphatic carbocycles. The molecule has 0 fully saturated rings. The first kappa shape index (κ1) is 18.9. The molecule has 1 amide bonds. The highest BCUT2D eigenvalue weighted by molar-refractivity contribution is 8.00. The van der Waals surface area contributed by atoms with E-state index in [2.05, 4.69) is 22.4 Å². The van der Waals surface area contributed by atoms with Crippen LogP contribution < -0.4 is 11.2 Å². The number of benzene rings is 2. The number of aromatic nitrogens is 3. The molecular formula is C19H20FN5OS. The number of hydrogen-bond acceptors (Lipinski definition) is 5. The van der Waals surface area contributed by atoms with Gasteiger partial charge < -0.3 is 11.2 Å². The number of thioether (sulfide) groups is 1. The summed E-state index contributed by atoms with van der Waals surface area (Å²) in [5.41, 5.74) is 2.59. The second kappa shape index (κ2) is 8.22. The summed E-state index contributed by atoms with van der Waals surface area (Å²) >= 11 is 1.20. The van der Waals surface area contributed by atoms with E-state index < -0.39 is 5.25 Å². The van der Waals surface area contributed by atoms with Crippen molar-refractivity contribution in [3.63, 3.8) is 0 Å². The minimum Gasteiger partial charge on any atom is -0.335 e. The van der Waals surface area contributed by atoms with Crippen LogP contribution in [0.3, 0.4) is 0 Å². The molecule has 1 unspecified atom stereocenters. The van der Waals surface area contributed by atoms with Crippen LogP contribution in [-0.4, -0.2) is 26.0 Å². The number of nitrogens with one attached hydrogen (secondary N) is 1. The highest BCUT2D eigenvalue weighted by Gasteiger charge is 2.20. The quantitative estimate of drug-likeness (QED) is 0.501. The first-order valence-electron chi connectivity index (χ1n) is 8.50. The van der Waals surface area contributed by atoms with Gasteiger partial charge in [-0.25, -0.2) is 9.07 Å². The smallest absolute Gasteiger partial charge is 0.237 e. The van der Waals surface area contributed by atoms with Gasteiger partial charge in [0, 0.05) is 11.3 Å². The lowest BCUT2D eigenvalue weighted by molar-refractivity contribution is -0.115. The van der Waals surface area contributed by atoms with Crippen molar-refractivity contribution in [3.05, 3.63) is 59.9 Å². The number of nitrogens with zero attached hydrogens (tertiary/aromatic N) is 3. The second-order valence-electron chi connectivity index (χ2n) is 5.98. The summed E-state index contributed by atoms with van der Waals surface area (Å²) in [6, 6.07) is 13.5. The normalized spacial score (nSPS) is 12.0. The number of halogens is 1. The molecule has 1 atom stereocenters. The van der Waals surface area contributed by atoms with Crippen molar-refractivity contribution in [2.45, 2.75) is 30.7 Å². The van der Waals surface area contributed by atoms with Crippen molar-refractivity contribution in [3.8, 4) is 11.4 Å². The topological polar surface area (TPSA) is 85.8 Å². The van der Waals surface area contributed by atoms with Crippen molar-refractivity contribution in [1.29, 1.82) is 0 Å². The van der Waals surface area contributed by atoms with Gasteiger partial charge in [0.05, 0.1) is 5.25 Å². The number of nitrogens with two attached hydrogens (primary N) is 1. The van der Waals surface area contributed by atoms with E-state index in [9.17, 15) is 9.18 Å². The maximum Gasteiger partial charge on any atom is 0.237 e. The fourth-order valence-corrected chi connectivity index (χ4v) is 3.20. The Morgan fingerprint density at radius 1 is 1.19 bits per heavy atom. The number of rotatable bonds is 6. The van der Waals surface area contributed by atoms with Crippen LogP contribution in [0.4, 0.5) is 10.1 Å². The predicted octanol–water partition coefficient (Wildman–Crippen LogP) is 3.48. The number of anilines is 1. The number of nitrogen functional groups attached to an aromatic ring is 1. The van der Waals surface area contributed by atoms with E-state index in [1.54, 1.807) is 19.1 Å². The van der Waals surface area contributed by atoms with E-state index in [0.717, 1.165) is 12.1 Å². The monoisotopic (exact) mass is 385 g/mol. The van der Waals surface area contributed by atoms with Crippen LogP contribution in [0.2, 0.25) is 0 Å². The average Bonchev–Trinajstić information content (AvgIpc) is 3.03. The molecule has 6 nitrogen and oxygen atoms in total. The summed E-state index contributed by atoms with van der Waals surface area (Å²) in [4.78, 5) is 12.4. The fourth-order valence-electron chi connectivity index (χ4n) is 2.43. The second-order valence-corrected chi connectivity index (χ2v) is 7.29. The zero-order valence-electron chi connectivity index (χ0n) is 15.0. The van der Waals surface area contributed by atoms with Gasteiger partial charge in [0.2, 0.25) is 11.1 Å². The van der Waals surface area contributed by atoms with Gasteiger partial charge in [-0.1, -0.05) is 30.8 Å². The van der Waals surface area contributed by atoms with Crippen molar-refractivity contribution in [2.24, 2.45) is 0 Å². The molecule has 0 spiro atoms. The maximum absolute atomic E-state index is 13.1. The van der Waals surface area contributed by atoms with Gasteiger partial charge >= 0.3 is 0 Å². The summed E-state index contributed by atoms with van der Waals surface area (Å²) in [5, 5.41) is 10.9. The molecule has 3 rings (SSSR count). The lowest BCUT2D eigenvalue weighted by Gasteiger charge is -2.12. The van der Waals surface area contributed by atoms with Crippen LogP contribution in [-0.2, 0) is 11.2 Å². The van der Waals surface area contributed by atoms with E-state index in [4.69, 9.17) is 5.84 Å². The van der Waals surface area contributed by atoms with Crippen molar-refractivity contribution >= 4 is 23.4 Å². The highest BCUT2D eigenvalue weighted by atomic mass is 32.2. The van der Waals surface area contributed by atoms with E-state index in [1.807, 2.05) is 24.3 Å². The van der Waals surface area contributed by atoms with Crippen LogP contribution in [0.15, 0.2) is 53.7 Å². The van der Waals surface area contributed by atoms with Gasteiger partial charge in [-0.05, 0) is 55.3 Å². The standard InChI is InChI=1S/C19H20FN5OS/c1-3-13-4-10-16(11-5-13)22-18(26)12(2)27-19-24-23-17(25(19)21)14-6-8-15(20)9-7-14/h4-12H,3,21H2,1-2H3,(H,22,26). The first-order chi connectivity index (χ1) is 13.0. The lowest BCUT2D eigenvalue weighted by atomic mass is 10.1. The molecule has 0 bridgehead atoms. The number of amides is 1. The van der Waals surface area contributed by atoms with E-state index in [0.29, 0.717) is 16.5 Å². The first-order valence-corrected chi connectivity index (χ1v) is 9.38. The molecule has 2 aromatic carbocycles. The minimum atomic E-state index is -0.427. The van der Waals surface area contributed by atoms with Crippen molar-refractivity contribution in [2.75, 3.05) is 11.2 Å². The van der Waals surface area contributed by atoms with Crippen LogP contribution in [0, 0.1) is 5.82 Å². The fraction of sp³-hybridized carbons (Fsp3) is 0.211. The summed E-state index contributed by atoms with van der Waals surface area (Å²) in [5.74, 6) is 5.96. The van der Waals surface area contributed by atoms with Crippen LogP contribution >= 0.6 is 11.8 Å². The number of carbonyl (C=O) groups is 1. The Labute approximate surface area is 161 Å².